The van der Waals surface area contributed by atoms with E-state index in [-0.39, 0.29) is 5.41 Å². The number of nitrogens with zero attached hydrogens (tertiary/aromatic N) is 1. The highest BCUT2D eigenvalue weighted by molar-refractivity contribution is 4.82. The van der Waals surface area contributed by atoms with E-state index in [4.69, 9.17) is 9.47 Å². The molecular formula is C15H34N2O2. The Balaban J connectivity index is 4.28. The van der Waals surface area contributed by atoms with E-state index in [0.29, 0.717) is 6.04 Å². The van der Waals surface area contributed by atoms with Crippen LogP contribution in [0, 0.1) is 5.41 Å². The van der Waals surface area contributed by atoms with Gasteiger partial charge in [-0.3, -0.25) is 4.90 Å². The van der Waals surface area contributed by atoms with E-state index in [1.54, 1.807) is 0 Å². The summed E-state index contributed by atoms with van der Waals surface area (Å²) < 4.78 is 10.9. The Labute approximate surface area is 119 Å². The van der Waals surface area contributed by atoms with Gasteiger partial charge in [-0.1, -0.05) is 20.8 Å². The van der Waals surface area contributed by atoms with E-state index >= 15 is 0 Å². The van der Waals surface area contributed by atoms with Gasteiger partial charge < -0.3 is 14.8 Å². The predicted octanol–water partition coefficient (Wildman–Crippen LogP) is 2.00. The molecule has 0 aromatic heterocycles. The van der Waals surface area contributed by atoms with Crippen LogP contribution < -0.4 is 5.32 Å². The number of rotatable bonds is 11. The van der Waals surface area contributed by atoms with Crippen molar-refractivity contribution < 1.29 is 9.47 Å². The minimum Gasteiger partial charge on any atom is -0.380 e. The lowest BCUT2D eigenvalue weighted by atomic mass is 9.86. The molecule has 19 heavy (non-hydrogen) atoms. The molecule has 0 aromatic carbocycles. The summed E-state index contributed by atoms with van der Waals surface area (Å²) in [4.78, 5) is 2.43. The van der Waals surface area contributed by atoms with Crippen LogP contribution in [0.25, 0.3) is 0 Å². The molecule has 0 bridgehead atoms. The Morgan fingerprint density at radius 1 is 1.00 bits per heavy atom. The van der Waals surface area contributed by atoms with Crippen LogP contribution in [0.2, 0.25) is 0 Å². The lowest BCUT2D eigenvalue weighted by Crippen LogP contribution is -2.48. The first-order valence-corrected chi connectivity index (χ1v) is 7.50. The molecule has 0 aliphatic rings. The normalized spacial score (nSPS) is 14.1. The van der Waals surface area contributed by atoms with Crippen LogP contribution in [0.5, 0.6) is 0 Å². The molecule has 1 atom stereocenters. The largest absolute Gasteiger partial charge is 0.380 e. The Bertz CT molecular complexity index is 195. The average molecular weight is 274 g/mol. The summed E-state index contributed by atoms with van der Waals surface area (Å²) in [5.41, 5.74) is 0.254. The summed E-state index contributed by atoms with van der Waals surface area (Å²) >= 11 is 0. The Morgan fingerprint density at radius 3 is 1.79 bits per heavy atom. The van der Waals surface area contributed by atoms with Gasteiger partial charge in [0.15, 0.2) is 0 Å². The zero-order valence-electron chi connectivity index (χ0n) is 13.8. The second-order valence-corrected chi connectivity index (χ2v) is 5.90. The van der Waals surface area contributed by atoms with Crippen molar-refractivity contribution in [1.82, 2.24) is 10.2 Å². The van der Waals surface area contributed by atoms with Crippen molar-refractivity contribution in [2.24, 2.45) is 5.41 Å². The molecule has 0 radical (unpaired) electrons. The summed E-state index contributed by atoms with van der Waals surface area (Å²) in [7, 11) is 2.04. The fraction of sp³-hybridized carbons (Fsp3) is 1.00. The number of ether oxygens (including phenoxy) is 2. The van der Waals surface area contributed by atoms with E-state index in [2.05, 4.69) is 31.0 Å². The maximum absolute atomic E-state index is 5.47. The quantitative estimate of drug-likeness (QED) is 0.584. The smallest absolute Gasteiger partial charge is 0.0593 e. The van der Waals surface area contributed by atoms with Crippen molar-refractivity contribution in [1.29, 1.82) is 0 Å². The van der Waals surface area contributed by atoms with Crippen molar-refractivity contribution in [3.8, 4) is 0 Å². The second kappa shape index (κ2) is 10.6. The zero-order valence-corrected chi connectivity index (χ0v) is 13.8. The lowest BCUT2D eigenvalue weighted by Gasteiger charge is -2.35. The first kappa shape index (κ1) is 18.8. The summed E-state index contributed by atoms with van der Waals surface area (Å²) in [6.45, 7) is 17.0. The maximum atomic E-state index is 5.47. The van der Waals surface area contributed by atoms with Crippen LogP contribution in [0.4, 0.5) is 0 Å². The lowest BCUT2D eigenvalue weighted by molar-refractivity contribution is 0.0703. The van der Waals surface area contributed by atoms with Crippen LogP contribution in [0.15, 0.2) is 0 Å². The predicted molar refractivity (Wildman–Crippen MR) is 81.7 cm³/mol. The van der Waals surface area contributed by atoms with Gasteiger partial charge in [0.2, 0.25) is 0 Å². The summed E-state index contributed by atoms with van der Waals surface area (Å²) in [5, 5.41) is 3.43. The van der Waals surface area contributed by atoms with Crippen molar-refractivity contribution in [2.45, 2.75) is 40.7 Å². The van der Waals surface area contributed by atoms with Crippen LogP contribution >= 0.6 is 0 Å². The van der Waals surface area contributed by atoms with Crippen molar-refractivity contribution in [2.75, 3.05) is 53.1 Å². The average Bonchev–Trinajstić information content (AvgIpc) is 2.34. The molecule has 1 N–H and O–H groups in total. The van der Waals surface area contributed by atoms with E-state index in [1.807, 2.05) is 20.9 Å². The SMILES string of the molecule is CCOCCN(CCOCC)CC(NC)C(C)(C)C. The van der Waals surface area contributed by atoms with Gasteiger partial charge in [0, 0.05) is 38.9 Å². The molecule has 4 nitrogen and oxygen atoms in total. The minimum atomic E-state index is 0.254. The fourth-order valence-corrected chi connectivity index (χ4v) is 2.03. The molecule has 0 spiro atoms. The van der Waals surface area contributed by atoms with Gasteiger partial charge >= 0.3 is 0 Å². The Hall–Kier alpha value is -0.160. The first-order chi connectivity index (χ1) is 8.95. The maximum Gasteiger partial charge on any atom is 0.0593 e. The van der Waals surface area contributed by atoms with Crippen LogP contribution in [0.1, 0.15) is 34.6 Å². The van der Waals surface area contributed by atoms with Gasteiger partial charge in [-0.05, 0) is 26.3 Å². The van der Waals surface area contributed by atoms with E-state index < -0.39 is 0 Å². The number of likely N-dealkylation sites (N-methyl/N-ethyl adjacent to an activating group) is 1. The van der Waals surface area contributed by atoms with Gasteiger partial charge in [0.05, 0.1) is 13.2 Å². The Kier molecular flexibility index (Phi) is 10.5. The molecular weight excluding hydrogens is 240 g/mol. The Morgan fingerprint density at radius 2 is 1.47 bits per heavy atom. The topological polar surface area (TPSA) is 33.7 Å². The molecule has 0 rings (SSSR count). The highest BCUT2D eigenvalue weighted by Gasteiger charge is 2.24. The fourth-order valence-electron chi connectivity index (χ4n) is 2.03. The highest BCUT2D eigenvalue weighted by atomic mass is 16.5. The standard InChI is InChI=1S/C15H34N2O2/c1-7-18-11-9-17(10-12-19-8-2)13-14(16-6)15(3,4)5/h14,16H,7-13H2,1-6H3. The van der Waals surface area contributed by atoms with E-state index in [1.165, 1.54) is 0 Å². The summed E-state index contributed by atoms with van der Waals surface area (Å²) in [5.74, 6) is 0. The molecule has 0 aromatic rings. The van der Waals surface area contributed by atoms with Crippen LogP contribution in [0.3, 0.4) is 0 Å². The first-order valence-electron chi connectivity index (χ1n) is 7.50. The van der Waals surface area contributed by atoms with Crippen molar-refractivity contribution in [3.63, 3.8) is 0 Å². The van der Waals surface area contributed by atoms with Gasteiger partial charge in [0.25, 0.3) is 0 Å². The second-order valence-electron chi connectivity index (χ2n) is 5.90. The van der Waals surface area contributed by atoms with Gasteiger partial charge in [-0.2, -0.15) is 0 Å². The molecule has 0 saturated heterocycles. The van der Waals surface area contributed by atoms with E-state index in [9.17, 15) is 0 Å². The third-order valence-electron chi connectivity index (χ3n) is 3.35. The number of hydrogen-bond acceptors (Lipinski definition) is 4. The van der Waals surface area contributed by atoms with Gasteiger partial charge in [-0.15, -0.1) is 0 Å². The molecule has 0 amide bonds. The highest BCUT2D eigenvalue weighted by Crippen LogP contribution is 2.19. The van der Waals surface area contributed by atoms with Crippen molar-refractivity contribution >= 4 is 0 Å². The zero-order chi connectivity index (χ0) is 14.7. The van der Waals surface area contributed by atoms with Gasteiger partial charge in [0.1, 0.15) is 0 Å². The summed E-state index contributed by atoms with van der Waals surface area (Å²) in [6.07, 6.45) is 0. The molecule has 116 valence electrons. The van der Waals surface area contributed by atoms with E-state index in [0.717, 1.165) is 46.1 Å². The minimum absolute atomic E-state index is 0.254. The third-order valence-corrected chi connectivity index (χ3v) is 3.35. The molecule has 0 aliphatic carbocycles. The molecule has 1 unspecified atom stereocenters. The van der Waals surface area contributed by atoms with Crippen LogP contribution in [-0.2, 0) is 9.47 Å². The van der Waals surface area contributed by atoms with Crippen LogP contribution in [-0.4, -0.2) is 64.1 Å². The molecule has 0 aliphatic heterocycles. The summed E-state index contributed by atoms with van der Waals surface area (Å²) in [6, 6.07) is 0.468. The van der Waals surface area contributed by atoms with Gasteiger partial charge in [-0.25, -0.2) is 0 Å². The molecule has 0 heterocycles. The monoisotopic (exact) mass is 274 g/mol. The third kappa shape index (κ3) is 9.38. The number of nitrogens with one attached hydrogen (secondary N) is 1. The van der Waals surface area contributed by atoms with Crippen molar-refractivity contribution in [3.05, 3.63) is 0 Å². The molecule has 0 saturated carbocycles. The molecule has 0 fully saturated rings. The molecule has 4 heteroatoms. The number of hydrogen-bond donors (Lipinski definition) is 1.